The second-order valence-electron chi connectivity index (χ2n) is 5.83. The Kier molecular flexibility index (Phi) is 5.03. The molecule has 0 spiro atoms. The Morgan fingerprint density at radius 1 is 1.36 bits per heavy atom. The van der Waals surface area contributed by atoms with Crippen LogP contribution in [0.5, 0.6) is 5.75 Å². The summed E-state index contributed by atoms with van der Waals surface area (Å²) in [4.78, 5) is 0. The van der Waals surface area contributed by atoms with Crippen molar-refractivity contribution < 1.29 is 9.13 Å². The van der Waals surface area contributed by atoms with Crippen molar-refractivity contribution >= 4 is 22.7 Å². The van der Waals surface area contributed by atoms with Gasteiger partial charge >= 0.3 is 0 Å². The van der Waals surface area contributed by atoms with Crippen LogP contribution in [-0.4, -0.2) is 24.1 Å². The number of nitrogens with zero attached hydrogens (tertiary/aromatic N) is 1. The summed E-state index contributed by atoms with van der Waals surface area (Å²) in [5, 5.41) is 8.92. The smallest absolute Gasteiger partial charge is 0.123 e. The molecule has 130 valence electrons. The van der Waals surface area contributed by atoms with Gasteiger partial charge in [0.25, 0.3) is 0 Å². The van der Waals surface area contributed by atoms with Crippen molar-refractivity contribution in [3.8, 4) is 5.75 Å². The molecule has 1 aromatic heterocycles. The van der Waals surface area contributed by atoms with Gasteiger partial charge in [-0.25, -0.2) is 4.39 Å². The quantitative estimate of drug-likeness (QED) is 0.775. The van der Waals surface area contributed by atoms with Gasteiger partial charge in [-0.2, -0.15) is 0 Å². The Labute approximate surface area is 146 Å². The third-order valence-corrected chi connectivity index (χ3v) is 4.31. The molecule has 3 N–H and O–H groups in total. The molecule has 0 unspecified atom stereocenters. The number of allylic oxidation sites excluding steroid dienone is 5. The van der Waals surface area contributed by atoms with Crippen LogP contribution in [0.4, 0.5) is 4.39 Å². The lowest BCUT2D eigenvalue weighted by atomic mass is 10.0. The Hall–Kier alpha value is -2.82. The second kappa shape index (κ2) is 7.38. The first-order chi connectivity index (χ1) is 12.2. The zero-order chi connectivity index (χ0) is 17.8. The number of benzene rings is 1. The maximum Gasteiger partial charge on any atom is 0.123 e. The van der Waals surface area contributed by atoms with Crippen molar-refractivity contribution in [3.05, 3.63) is 59.5 Å². The summed E-state index contributed by atoms with van der Waals surface area (Å²) >= 11 is 0. The van der Waals surface area contributed by atoms with Crippen LogP contribution in [0.2, 0.25) is 0 Å². The van der Waals surface area contributed by atoms with Crippen LogP contribution in [0.3, 0.4) is 0 Å². The van der Waals surface area contributed by atoms with E-state index >= 15 is 0 Å². The highest BCUT2D eigenvalue weighted by Gasteiger charge is 2.18. The summed E-state index contributed by atoms with van der Waals surface area (Å²) in [5.74, 6) is 0.638. The zero-order valence-corrected chi connectivity index (χ0v) is 14.3. The van der Waals surface area contributed by atoms with Gasteiger partial charge in [0.2, 0.25) is 0 Å². The molecule has 0 atom stereocenters. The van der Waals surface area contributed by atoms with Crippen molar-refractivity contribution in [2.75, 3.05) is 13.3 Å². The van der Waals surface area contributed by atoms with E-state index in [0.29, 0.717) is 11.4 Å². The molecule has 4 nitrogen and oxygen atoms in total. The van der Waals surface area contributed by atoms with Crippen molar-refractivity contribution in [2.45, 2.75) is 19.9 Å². The second-order valence-corrected chi connectivity index (χ2v) is 5.83. The minimum Gasteiger partial charge on any atom is -0.491 e. The van der Waals surface area contributed by atoms with Gasteiger partial charge in [-0.1, -0.05) is 12.2 Å². The number of nitrogens with two attached hydrogens (primary N) is 1. The zero-order valence-electron chi connectivity index (χ0n) is 14.3. The molecule has 0 saturated carbocycles. The molecule has 0 amide bonds. The van der Waals surface area contributed by atoms with E-state index in [2.05, 4.69) is 11.5 Å². The molecule has 0 fully saturated rings. The maximum atomic E-state index is 12.4. The minimum absolute atomic E-state index is 0.0443. The van der Waals surface area contributed by atoms with Gasteiger partial charge < -0.3 is 20.4 Å². The monoisotopic (exact) mass is 339 g/mol. The largest absolute Gasteiger partial charge is 0.491 e. The molecule has 0 aliphatic heterocycles. The molecule has 0 bridgehead atoms. The molecule has 1 aliphatic rings. The van der Waals surface area contributed by atoms with Crippen LogP contribution in [0, 0.1) is 5.41 Å². The van der Waals surface area contributed by atoms with E-state index in [9.17, 15) is 4.39 Å². The molecule has 0 radical (unpaired) electrons. The molecule has 1 aliphatic carbocycles. The van der Waals surface area contributed by atoms with E-state index < -0.39 is 6.67 Å². The van der Waals surface area contributed by atoms with E-state index in [1.54, 1.807) is 0 Å². The molecule has 0 saturated heterocycles. The van der Waals surface area contributed by atoms with Crippen LogP contribution in [0.25, 0.3) is 16.5 Å². The minimum atomic E-state index is -0.517. The fraction of sp³-hybridized carbons (Fsp3) is 0.250. The van der Waals surface area contributed by atoms with Crippen LogP contribution < -0.4 is 10.5 Å². The Morgan fingerprint density at radius 3 is 2.92 bits per heavy atom. The van der Waals surface area contributed by atoms with Gasteiger partial charge in [0, 0.05) is 35.5 Å². The van der Waals surface area contributed by atoms with Gasteiger partial charge in [0.1, 0.15) is 19.0 Å². The summed E-state index contributed by atoms with van der Waals surface area (Å²) in [6.07, 6.45) is 9.98. The first-order valence-electron chi connectivity index (χ1n) is 8.38. The first-order valence-corrected chi connectivity index (χ1v) is 8.38. The van der Waals surface area contributed by atoms with Crippen LogP contribution in [0.1, 0.15) is 24.6 Å². The van der Waals surface area contributed by atoms with Gasteiger partial charge in [-0.05, 0) is 43.2 Å². The van der Waals surface area contributed by atoms with Crippen LogP contribution in [0.15, 0.2) is 48.2 Å². The van der Waals surface area contributed by atoms with Gasteiger partial charge in [-0.3, -0.25) is 0 Å². The van der Waals surface area contributed by atoms with E-state index in [1.807, 2.05) is 42.5 Å². The normalized spacial score (nSPS) is 14.2. The summed E-state index contributed by atoms with van der Waals surface area (Å²) in [6.45, 7) is 2.36. The lowest BCUT2D eigenvalue weighted by Crippen LogP contribution is -2.02. The maximum absolute atomic E-state index is 12.4. The van der Waals surface area contributed by atoms with E-state index in [0.717, 1.165) is 40.7 Å². The number of rotatable bonds is 6. The summed E-state index contributed by atoms with van der Waals surface area (Å²) < 4.78 is 20.0. The van der Waals surface area contributed by atoms with Crippen molar-refractivity contribution in [2.24, 2.45) is 5.73 Å². The summed E-state index contributed by atoms with van der Waals surface area (Å²) in [6, 6.07) is 5.69. The molecule has 3 rings (SSSR count). The number of aryl methyl sites for hydroxylation is 1. The van der Waals surface area contributed by atoms with Crippen LogP contribution in [-0.2, 0) is 6.54 Å². The molecule has 5 heteroatoms. The van der Waals surface area contributed by atoms with Gasteiger partial charge in [-0.15, -0.1) is 0 Å². The van der Waals surface area contributed by atoms with Crippen molar-refractivity contribution in [3.63, 3.8) is 0 Å². The molecular formula is C20H22FN3O. The van der Waals surface area contributed by atoms with Gasteiger partial charge in [0.15, 0.2) is 0 Å². The standard InChI is InChI=1S/C20H22FN3O/c1-2-24-19-12-16(25-11-10-21)8-9-17(19)18(13-22)20(24)14-4-3-5-15(23)7-6-14/h3,5-9,12-13,22H,2,4,10-11,23H2,1H3. The number of ether oxygens (including phenoxy) is 1. The highest BCUT2D eigenvalue weighted by atomic mass is 19.1. The topological polar surface area (TPSA) is 64.0 Å². The van der Waals surface area contributed by atoms with E-state index in [-0.39, 0.29) is 6.61 Å². The number of nitrogens with one attached hydrogen (secondary N) is 1. The lowest BCUT2D eigenvalue weighted by molar-refractivity contribution is 0.273. The average molecular weight is 339 g/mol. The first kappa shape index (κ1) is 17.0. The van der Waals surface area contributed by atoms with Crippen molar-refractivity contribution in [1.82, 2.24) is 4.57 Å². The summed E-state index contributed by atoms with van der Waals surface area (Å²) in [7, 11) is 0. The lowest BCUT2D eigenvalue weighted by Gasteiger charge is -2.11. The highest BCUT2D eigenvalue weighted by Crippen LogP contribution is 2.34. The predicted octanol–water partition coefficient (Wildman–Crippen LogP) is 4.19. The van der Waals surface area contributed by atoms with Gasteiger partial charge in [0.05, 0.1) is 11.2 Å². The Morgan fingerprint density at radius 2 is 2.20 bits per heavy atom. The van der Waals surface area contributed by atoms with E-state index in [4.69, 9.17) is 15.9 Å². The van der Waals surface area contributed by atoms with Crippen molar-refractivity contribution in [1.29, 1.82) is 5.41 Å². The molecule has 1 aromatic carbocycles. The number of hydrogen-bond donors (Lipinski definition) is 2. The van der Waals surface area contributed by atoms with E-state index in [1.165, 1.54) is 6.21 Å². The molecule has 1 heterocycles. The fourth-order valence-corrected chi connectivity index (χ4v) is 3.24. The third-order valence-electron chi connectivity index (χ3n) is 4.31. The molecular weight excluding hydrogens is 317 g/mol. The molecule has 2 aromatic rings. The fourth-order valence-electron chi connectivity index (χ4n) is 3.24. The highest BCUT2D eigenvalue weighted by molar-refractivity contribution is 6.04. The average Bonchev–Trinajstić information content (AvgIpc) is 2.78. The Bertz CT molecular complexity index is 890. The number of fused-ring (bicyclic) bond motifs is 1. The number of halogens is 1. The number of aromatic nitrogens is 1. The number of hydrogen-bond acceptors (Lipinski definition) is 3. The predicted molar refractivity (Wildman–Crippen MR) is 101 cm³/mol. The Balaban J connectivity index is 2.20. The summed E-state index contributed by atoms with van der Waals surface area (Å²) in [5.41, 5.74) is 10.6. The number of alkyl halides is 1. The molecule has 25 heavy (non-hydrogen) atoms. The van der Waals surface area contributed by atoms with Crippen LogP contribution >= 0.6 is 0 Å². The SMILES string of the molecule is CCn1c(C2=CC=C(N)C=CC2)c(C=N)c2ccc(OCCF)cc21. The third kappa shape index (κ3) is 3.22.